The van der Waals surface area contributed by atoms with Gasteiger partial charge in [0.25, 0.3) is 0 Å². The molecule has 1 N–H and O–H groups in total. The van der Waals surface area contributed by atoms with Crippen molar-refractivity contribution in [3.8, 4) is 11.1 Å². The summed E-state index contributed by atoms with van der Waals surface area (Å²) in [5, 5.41) is 3.05. The van der Waals surface area contributed by atoms with Gasteiger partial charge in [0.05, 0.1) is 18.4 Å². The molecule has 0 atom stereocenters. The molecule has 4 rings (SSSR count). The minimum absolute atomic E-state index is 0.127. The van der Waals surface area contributed by atoms with Gasteiger partial charge in [0.2, 0.25) is 11.6 Å². The zero-order valence-electron chi connectivity index (χ0n) is 15.7. The van der Waals surface area contributed by atoms with E-state index in [2.05, 4.69) is 21.9 Å². The van der Waals surface area contributed by atoms with Crippen molar-refractivity contribution < 1.29 is 14.3 Å². The first-order chi connectivity index (χ1) is 14.1. The topological polar surface area (TPSA) is 81.2 Å². The number of carbonyl (C=O) groups excluding carboxylic acids is 2. The molecule has 0 fully saturated rings. The number of carbonyl (C=O) groups is 2. The van der Waals surface area contributed by atoms with Gasteiger partial charge in [-0.05, 0) is 23.3 Å². The Hall–Kier alpha value is -4.06. The summed E-state index contributed by atoms with van der Waals surface area (Å²) in [6.45, 7) is 3.85. The zero-order chi connectivity index (χ0) is 20.4. The number of Topliss-reactive ketones (excluding diaryl/α,β-unsaturated/α-hetero) is 1. The second-order valence-electron chi connectivity index (χ2n) is 6.45. The normalized spacial score (nSPS) is 12.8. The Kier molecular flexibility index (Phi) is 4.75. The van der Waals surface area contributed by atoms with E-state index in [1.54, 1.807) is 7.11 Å². The Morgan fingerprint density at radius 1 is 1.07 bits per heavy atom. The number of aromatic nitrogens is 2. The van der Waals surface area contributed by atoms with E-state index in [1.807, 2.05) is 48.5 Å². The Bertz CT molecular complexity index is 1160. The molecule has 3 aromatic rings. The number of hydrogen-bond acceptors (Lipinski definition) is 6. The molecule has 142 valence electrons. The average Bonchev–Trinajstić information content (AvgIpc) is 2.77. The fourth-order valence-electron chi connectivity index (χ4n) is 3.09. The summed E-state index contributed by atoms with van der Waals surface area (Å²) in [5.74, 6) is -0.0358. The summed E-state index contributed by atoms with van der Waals surface area (Å²) >= 11 is 0. The first-order valence-electron chi connectivity index (χ1n) is 8.88. The van der Waals surface area contributed by atoms with Gasteiger partial charge in [0, 0.05) is 23.5 Å². The van der Waals surface area contributed by atoms with Crippen molar-refractivity contribution in [2.45, 2.75) is 0 Å². The Labute approximate surface area is 167 Å². The van der Waals surface area contributed by atoms with Gasteiger partial charge in [-0.25, -0.2) is 9.97 Å². The summed E-state index contributed by atoms with van der Waals surface area (Å²) in [4.78, 5) is 32.7. The molecule has 0 radical (unpaired) electrons. The van der Waals surface area contributed by atoms with Crippen LogP contribution in [0, 0.1) is 0 Å². The van der Waals surface area contributed by atoms with Gasteiger partial charge >= 0.3 is 0 Å². The molecule has 0 unspecified atom stereocenters. The second kappa shape index (κ2) is 7.52. The predicted octanol–water partition coefficient (Wildman–Crippen LogP) is 4.14. The Morgan fingerprint density at radius 2 is 1.86 bits per heavy atom. The lowest BCUT2D eigenvalue weighted by Crippen LogP contribution is -2.22. The molecule has 0 amide bonds. The van der Waals surface area contributed by atoms with Crippen molar-refractivity contribution in [1.29, 1.82) is 0 Å². The average molecular weight is 383 g/mol. The van der Waals surface area contributed by atoms with Crippen LogP contribution >= 0.6 is 0 Å². The number of ketones is 2. The van der Waals surface area contributed by atoms with E-state index in [1.165, 1.54) is 18.6 Å². The van der Waals surface area contributed by atoms with Crippen LogP contribution in [0.15, 0.2) is 79.4 Å². The zero-order valence-corrected chi connectivity index (χ0v) is 15.7. The molecule has 1 aromatic heterocycles. The molecular formula is C23H17N3O3. The van der Waals surface area contributed by atoms with E-state index in [4.69, 9.17) is 4.74 Å². The van der Waals surface area contributed by atoms with Crippen LogP contribution in [-0.2, 0) is 4.74 Å². The number of ether oxygens (including phenoxy) is 1. The highest BCUT2D eigenvalue weighted by Gasteiger charge is 2.27. The Balaban J connectivity index is 1.59. The summed E-state index contributed by atoms with van der Waals surface area (Å²) in [7, 11) is 1.59. The number of nitrogens with one attached hydrogen (secondary N) is 1. The summed E-state index contributed by atoms with van der Waals surface area (Å²) in [6.07, 6.45) is 3.89. The number of anilines is 1. The highest BCUT2D eigenvalue weighted by molar-refractivity contribution is 6.24. The van der Waals surface area contributed by atoms with E-state index in [9.17, 15) is 9.59 Å². The number of hydrogen-bond donors (Lipinski definition) is 1. The predicted molar refractivity (Wildman–Crippen MR) is 110 cm³/mol. The summed E-state index contributed by atoms with van der Waals surface area (Å²) in [6, 6.07) is 15.4. The van der Waals surface area contributed by atoms with Crippen LogP contribution in [0.2, 0.25) is 0 Å². The standard InChI is InChI=1S/C23H17N3O3/c1-14(29-2)15-6-8-16(9-7-15)17-4-3-5-18(10-17)26-20-11-21(27)22-19(23(20)28)12-24-13-25-22/h3-13,26H,1H2,2H3. The molecule has 0 spiro atoms. The van der Waals surface area contributed by atoms with Gasteiger partial charge in [-0.15, -0.1) is 0 Å². The lowest BCUT2D eigenvalue weighted by atomic mass is 9.98. The molecular weight excluding hydrogens is 366 g/mol. The maximum atomic E-state index is 12.7. The molecule has 1 heterocycles. The smallest absolute Gasteiger partial charge is 0.213 e. The maximum absolute atomic E-state index is 12.7. The van der Waals surface area contributed by atoms with Crippen molar-refractivity contribution in [1.82, 2.24) is 9.97 Å². The molecule has 0 saturated carbocycles. The van der Waals surface area contributed by atoms with Crippen molar-refractivity contribution in [3.63, 3.8) is 0 Å². The van der Waals surface area contributed by atoms with Crippen LogP contribution < -0.4 is 5.32 Å². The van der Waals surface area contributed by atoms with Gasteiger partial charge in [0.15, 0.2) is 0 Å². The molecule has 1 aliphatic carbocycles. The number of methoxy groups -OCH3 is 1. The molecule has 2 aromatic carbocycles. The van der Waals surface area contributed by atoms with Crippen molar-refractivity contribution in [3.05, 3.63) is 96.2 Å². The third kappa shape index (κ3) is 3.55. The first-order valence-corrected chi connectivity index (χ1v) is 8.88. The van der Waals surface area contributed by atoms with Gasteiger partial charge in [0.1, 0.15) is 17.8 Å². The SMILES string of the molecule is C=C(OC)c1ccc(-c2cccc(NC3=CC(=O)c4ncncc4C3=O)c2)cc1. The van der Waals surface area contributed by atoms with Gasteiger partial charge < -0.3 is 10.1 Å². The number of allylic oxidation sites excluding steroid dienone is 2. The van der Waals surface area contributed by atoms with Crippen LogP contribution in [0.5, 0.6) is 0 Å². The Morgan fingerprint density at radius 3 is 2.62 bits per heavy atom. The van der Waals surface area contributed by atoms with Gasteiger partial charge in [-0.1, -0.05) is 43.0 Å². The molecule has 1 aliphatic rings. The van der Waals surface area contributed by atoms with Crippen LogP contribution in [0.25, 0.3) is 16.9 Å². The third-order valence-corrected chi connectivity index (χ3v) is 4.64. The van der Waals surface area contributed by atoms with Crippen LogP contribution in [0.3, 0.4) is 0 Å². The van der Waals surface area contributed by atoms with Gasteiger partial charge in [-0.2, -0.15) is 0 Å². The first kappa shape index (κ1) is 18.3. The molecule has 6 nitrogen and oxygen atoms in total. The van der Waals surface area contributed by atoms with Crippen molar-refractivity contribution in [2.75, 3.05) is 12.4 Å². The molecule has 0 aliphatic heterocycles. The number of rotatable bonds is 5. The number of fused-ring (bicyclic) bond motifs is 1. The maximum Gasteiger partial charge on any atom is 0.213 e. The fraction of sp³-hybridized carbons (Fsp3) is 0.0435. The van der Waals surface area contributed by atoms with Crippen LogP contribution in [0.4, 0.5) is 5.69 Å². The summed E-state index contributed by atoms with van der Waals surface area (Å²) in [5.41, 5.74) is 4.09. The largest absolute Gasteiger partial charge is 0.497 e. The van der Waals surface area contributed by atoms with Crippen LogP contribution in [0.1, 0.15) is 26.4 Å². The van der Waals surface area contributed by atoms with E-state index >= 15 is 0 Å². The minimum Gasteiger partial charge on any atom is -0.497 e. The number of nitrogens with zero attached hydrogens (tertiary/aromatic N) is 2. The monoisotopic (exact) mass is 383 g/mol. The highest BCUT2D eigenvalue weighted by Crippen LogP contribution is 2.26. The third-order valence-electron chi connectivity index (χ3n) is 4.64. The lowest BCUT2D eigenvalue weighted by Gasteiger charge is -2.16. The van der Waals surface area contributed by atoms with Crippen molar-refractivity contribution >= 4 is 23.0 Å². The quantitative estimate of drug-likeness (QED) is 0.667. The van der Waals surface area contributed by atoms with E-state index in [0.29, 0.717) is 11.4 Å². The lowest BCUT2D eigenvalue weighted by molar-refractivity contribution is 0.0981. The van der Waals surface area contributed by atoms with Crippen LogP contribution in [-0.4, -0.2) is 28.6 Å². The van der Waals surface area contributed by atoms with Gasteiger partial charge in [-0.3, -0.25) is 9.59 Å². The molecule has 29 heavy (non-hydrogen) atoms. The molecule has 0 bridgehead atoms. The van der Waals surface area contributed by atoms with E-state index in [0.717, 1.165) is 16.7 Å². The highest BCUT2D eigenvalue weighted by atomic mass is 16.5. The van der Waals surface area contributed by atoms with E-state index < -0.39 is 0 Å². The molecule has 0 saturated heterocycles. The minimum atomic E-state index is -0.324. The fourth-order valence-corrected chi connectivity index (χ4v) is 3.09. The number of benzene rings is 2. The molecule has 6 heteroatoms. The summed E-state index contributed by atoms with van der Waals surface area (Å²) < 4.78 is 5.15. The second-order valence-corrected chi connectivity index (χ2v) is 6.45. The van der Waals surface area contributed by atoms with Crippen molar-refractivity contribution in [2.24, 2.45) is 0 Å². The van der Waals surface area contributed by atoms with E-state index in [-0.39, 0.29) is 28.5 Å².